The number of aromatic nitrogens is 1. The fourth-order valence-electron chi connectivity index (χ4n) is 4.14. The fraction of sp³-hybridized carbons (Fsp3) is 0.350. The average molecular weight is 411 g/mol. The molecule has 0 spiro atoms. The van der Waals surface area contributed by atoms with Gasteiger partial charge in [0.25, 0.3) is 0 Å². The van der Waals surface area contributed by atoms with E-state index in [-0.39, 0.29) is 23.7 Å². The van der Waals surface area contributed by atoms with E-state index in [1.54, 1.807) is 41.4 Å². The van der Waals surface area contributed by atoms with Gasteiger partial charge in [-0.1, -0.05) is 11.8 Å². The van der Waals surface area contributed by atoms with E-state index in [4.69, 9.17) is 0 Å². The van der Waals surface area contributed by atoms with E-state index in [1.165, 1.54) is 11.8 Å². The van der Waals surface area contributed by atoms with E-state index < -0.39 is 11.3 Å². The predicted molar refractivity (Wildman–Crippen MR) is 109 cm³/mol. The summed E-state index contributed by atoms with van der Waals surface area (Å²) >= 11 is 1.40. The quantitative estimate of drug-likeness (QED) is 0.616. The number of hydrogen-bond acceptors (Lipinski definition) is 6. The molecule has 3 amide bonds. The Morgan fingerprint density at radius 1 is 1.28 bits per heavy atom. The maximum absolute atomic E-state index is 13.0. The summed E-state index contributed by atoms with van der Waals surface area (Å²) in [4.78, 5) is 32.0. The molecule has 4 heterocycles. The third kappa shape index (κ3) is 3.20. The SMILES string of the molecule is O=C(NC1CCCNC1)[C@@H]1Sc2nccc3c2C1NC(=O)N3c1ccc(O)cc1. The first-order valence-corrected chi connectivity index (χ1v) is 10.6. The van der Waals surface area contributed by atoms with Crippen LogP contribution >= 0.6 is 11.8 Å². The minimum Gasteiger partial charge on any atom is -0.508 e. The number of piperidine rings is 1. The van der Waals surface area contributed by atoms with Crippen LogP contribution in [0.4, 0.5) is 16.2 Å². The molecule has 8 nitrogen and oxygen atoms in total. The third-order valence-corrected chi connectivity index (χ3v) is 6.80. The van der Waals surface area contributed by atoms with Gasteiger partial charge in [-0.3, -0.25) is 9.69 Å². The van der Waals surface area contributed by atoms with Gasteiger partial charge >= 0.3 is 6.03 Å². The van der Waals surface area contributed by atoms with Gasteiger partial charge in [-0.25, -0.2) is 9.78 Å². The Bertz CT molecular complexity index is 961. The molecule has 1 aromatic carbocycles. The summed E-state index contributed by atoms with van der Waals surface area (Å²) in [7, 11) is 0. The number of phenolic OH excluding ortho intramolecular Hbond substituents is 1. The lowest BCUT2D eigenvalue weighted by molar-refractivity contribution is -0.121. The summed E-state index contributed by atoms with van der Waals surface area (Å²) in [5.41, 5.74) is 2.22. The number of benzene rings is 1. The van der Waals surface area contributed by atoms with E-state index in [0.29, 0.717) is 5.69 Å². The van der Waals surface area contributed by atoms with Crippen LogP contribution < -0.4 is 20.9 Å². The van der Waals surface area contributed by atoms with Gasteiger partial charge in [-0.15, -0.1) is 0 Å². The van der Waals surface area contributed by atoms with Crippen molar-refractivity contribution in [2.45, 2.75) is 35.2 Å². The van der Waals surface area contributed by atoms with E-state index in [2.05, 4.69) is 20.9 Å². The molecule has 3 atom stereocenters. The first kappa shape index (κ1) is 18.3. The lowest BCUT2D eigenvalue weighted by Gasteiger charge is -2.34. The first-order valence-electron chi connectivity index (χ1n) is 9.68. The molecule has 3 aliphatic rings. The number of carbonyl (C=O) groups excluding carboxylic acids is 2. The largest absolute Gasteiger partial charge is 0.508 e. The molecule has 1 fully saturated rings. The van der Waals surface area contributed by atoms with Crippen LogP contribution in [-0.2, 0) is 4.79 Å². The molecule has 4 N–H and O–H groups in total. The summed E-state index contributed by atoms with van der Waals surface area (Å²) in [6, 6.07) is 7.64. The molecule has 3 aliphatic heterocycles. The number of phenols is 1. The van der Waals surface area contributed by atoms with Crippen molar-refractivity contribution < 1.29 is 14.7 Å². The number of anilines is 2. The van der Waals surface area contributed by atoms with Crippen LogP contribution in [0.5, 0.6) is 5.75 Å². The van der Waals surface area contributed by atoms with Crippen LogP contribution in [0, 0.1) is 0 Å². The van der Waals surface area contributed by atoms with Gasteiger partial charge in [-0.05, 0) is 49.7 Å². The van der Waals surface area contributed by atoms with E-state index in [9.17, 15) is 14.7 Å². The highest BCUT2D eigenvalue weighted by atomic mass is 32.2. The normalized spacial score (nSPS) is 25.3. The second kappa shape index (κ2) is 7.23. The highest BCUT2D eigenvalue weighted by Crippen LogP contribution is 2.50. The van der Waals surface area contributed by atoms with Crippen molar-refractivity contribution in [3.05, 3.63) is 42.1 Å². The third-order valence-electron chi connectivity index (χ3n) is 5.52. The zero-order valence-electron chi connectivity index (χ0n) is 15.6. The van der Waals surface area contributed by atoms with E-state index >= 15 is 0 Å². The van der Waals surface area contributed by atoms with Crippen molar-refractivity contribution in [2.75, 3.05) is 18.0 Å². The van der Waals surface area contributed by atoms with Crippen LogP contribution in [0.2, 0.25) is 0 Å². The molecule has 29 heavy (non-hydrogen) atoms. The predicted octanol–water partition coefficient (Wildman–Crippen LogP) is 2.03. The highest BCUT2D eigenvalue weighted by Gasteiger charge is 2.46. The van der Waals surface area contributed by atoms with Gasteiger partial charge < -0.3 is 21.1 Å². The summed E-state index contributed by atoms with van der Waals surface area (Å²) < 4.78 is 0. The monoisotopic (exact) mass is 411 g/mol. The maximum atomic E-state index is 13.0. The molecular formula is C20H21N5O3S. The Hall–Kier alpha value is -2.78. The zero-order valence-corrected chi connectivity index (χ0v) is 16.4. The molecule has 0 saturated carbocycles. The molecular weight excluding hydrogens is 390 g/mol. The minimum absolute atomic E-state index is 0.0731. The summed E-state index contributed by atoms with van der Waals surface area (Å²) in [6.07, 6.45) is 3.66. The Morgan fingerprint density at radius 2 is 2.10 bits per heavy atom. The van der Waals surface area contributed by atoms with Gasteiger partial charge in [0.1, 0.15) is 16.0 Å². The van der Waals surface area contributed by atoms with Crippen molar-refractivity contribution >= 4 is 35.1 Å². The van der Waals surface area contributed by atoms with Crippen molar-refractivity contribution in [3.8, 4) is 5.75 Å². The molecule has 0 aliphatic carbocycles. The average Bonchev–Trinajstić information content (AvgIpc) is 3.10. The van der Waals surface area contributed by atoms with Gasteiger partial charge in [0.2, 0.25) is 5.91 Å². The topological polar surface area (TPSA) is 107 Å². The van der Waals surface area contributed by atoms with Crippen LogP contribution in [-0.4, -0.2) is 46.4 Å². The molecule has 2 aromatic rings. The number of nitrogens with zero attached hydrogens (tertiary/aromatic N) is 2. The molecule has 9 heteroatoms. The second-order valence-electron chi connectivity index (χ2n) is 7.42. The Balaban J connectivity index is 1.45. The number of carbonyl (C=O) groups is 2. The highest BCUT2D eigenvalue weighted by molar-refractivity contribution is 8.01. The van der Waals surface area contributed by atoms with Gasteiger partial charge in [0.15, 0.2) is 0 Å². The maximum Gasteiger partial charge on any atom is 0.327 e. The Kier molecular flexibility index (Phi) is 4.56. The molecule has 0 bridgehead atoms. The van der Waals surface area contributed by atoms with Crippen LogP contribution in [0.25, 0.3) is 0 Å². The number of aromatic hydroxyl groups is 1. The van der Waals surface area contributed by atoms with Crippen molar-refractivity contribution in [2.24, 2.45) is 0 Å². The number of hydrogen-bond donors (Lipinski definition) is 4. The van der Waals surface area contributed by atoms with E-state index in [0.717, 1.165) is 42.2 Å². The van der Waals surface area contributed by atoms with Gasteiger partial charge in [0.05, 0.1) is 17.4 Å². The molecule has 1 saturated heterocycles. The molecule has 150 valence electrons. The standard InChI is InChI=1S/C20H21N5O3S/c26-13-5-3-12(4-6-13)25-14-7-9-22-19-15(14)16(24-20(25)28)17(29-19)18(27)23-11-2-1-8-21-10-11/h3-7,9,11,16-17,21,26H,1-2,8,10H2,(H,23,27)(H,24,28)/t11?,16?,17-/m1/s1. The number of urea groups is 1. The lowest BCUT2D eigenvalue weighted by atomic mass is 9.99. The Labute approximate surface area is 172 Å². The van der Waals surface area contributed by atoms with Crippen molar-refractivity contribution in [1.82, 2.24) is 20.9 Å². The minimum atomic E-state index is -0.452. The van der Waals surface area contributed by atoms with Gasteiger partial charge in [-0.2, -0.15) is 0 Å². The van der Waals surface area contributed by atoms with Crippen LogP contribution in [0.1, 0.15) is 24.4 Å². The number of amides is 3. The number of rotatable bonds is 3. The summed E-state index contributed by atoms with van der Waals surface area (Å²) in [5.74, 6) is 0.0597. The van der Waals surface area contributed by atoms with Gasteiger partial charge in [0, 0.05) is 24.3 Å². The number of pyridine rings is 1. The van der Waals surface area contributed by atoms with Crippen LogP contribution in [0.15, 0.2) is 41.6 Å². The van der Waals surface area contributed by atoms with Crippen molar-refractivity contribution in [3.63, 3.8) is 0 Å². The zero-order chi connectivity index (χ0) is 20.0. The lowest BCUT2D eigenvalue weighted by Crippen LogP contribution is -2.52. The van der Waals surface area contributed by atoms with Crippen molar-refractivity contribution in [1.29, 1.82) is 0 Å². The molecule has 0 radical (unpaired) electrons. The first-order chi connectivity index (χ1) is 14.1. The second-order valence-corrected chi connectivity index (χ2v) is 8.55. The van der Waals surface area contributed by atoms with Crippen LogP contribution in [0.3, 0.4) is 0 Å². The molecule has 5 rings (SSSR count). The Morgan fingerprint density at radius 3 is 2.86 bits per heavy atom. The number of thioether (sulfide) groups is 1. The fourth-order valence-corrected chi connectivity index (χ4v) is 5.38. The molecule has 1 aromatic heterocycles. The van der Waals surface area contributed by atoms with E-state index in [1.807, 2.05) is 0 Å². The number of nitrogens with one attached hydrogen (secondary N) is 3. The summed E-state index contributed by atoms with van der Waals surface area (Å²) in [5, 5.41) is 19.3. The molecule has 2 unspecified atom stereocenters. The smallest absolute Gasteiger partial charge is 0.327 e. The summed E-state index contributed by atoms with van der Waals surface area (Å²) in [6.45, 7) is 1.75.